The van der Waals surface area contributed by atoms with Crippen molar-refractivity contribution in [3.05, 3.63) is 53.5 Å². The Morgan fingerprint density at radius 3 is 2.16 bits per heavy atom. The maximum absolute atomic E-state index is 15.8. The van der Waals surface area contributed by atoms with Crippen LogP contribution in [0.15, 0.2) is 24.5 Å². The fourth-order valence-corrected chi connectivity index (χ4v) is 7.47. The monoisotopic (exact) mass is 785 g/mol. The summed E-state index contributed by atoms with van der Waals surface area (Å²) in [6, 6.07) is 0.480. The highest BCUT2D eigenvalue weighted by Crippen LogP contribution is 2.37. The molecule has 0 saturated carbocycles. The summed E-state index contributed by atoms with van der Waals surface area (Å²) in [6.07, 6.45) is 5.30. The second kappa shape index (κ2) is 19.0. The number of hydrogen-bond acceptors (Lipinski definition) is 10. The molecule has 4 atom stereocenters. The summed E-state index contributed by atoms with van der Waals surface area (Å²) in [6.45, 7) is 12.9. The van der Waals surface area contributed by atoms with E-state index in [2.05, 4.69) is 36.0 Å². The van der Waals surface area contributed by atoms with Gasteiger partial charge in [-0.2, -0.15) is 5.48 Å². The molecule has 308 valence electrons. The summed E-state index contributed by atoms with van der Waals surface area (Å²) in [5, 5.41) is 5.74. The van der Waals surface area contributed by atoms with Gasteiger partial charge in [-0.3, -0.25) is 14.4 Å². The van der Waals surface area contributed by atoms with Crippen molar-refractivity contribution in [2.24, 2.45) is 17.8 Å². The van der Waals surface area contributed by atoms with Gasteiger partial charge in [-0.05, 0) is 55.6 Å². The number of rotatable bonds is 16. The van der Waals surface area contributed by atoms with Crippen LogP contribution in [0.2, 0.25) is 0 Å². The third-order valence-electron chi connectivity index (χ3n) is 10.6. The topological polar surface area (TPSA) is 179 Å². The minimum atomic E-state index is -0.777. The first-order valence-corrected chi connectivity index (χ1v) is 19.4. The molecule has 5 N–H and O–H groups in total. The number of amides is 3. The fraction of sp³-hybridized carbons (Fsp3) is 0.615. The standard InChI is InChI=1S/C39H57F2N9O6/c1-21(2)31(46-37(51)32(22(3)4)48-56-20-54-7)36-43-18-28(45-36)24-11-14-49(15-12-24)34-26(40)16-25(17-27(34)41)29-19-42-35(44-29)30-10-9-13-50(30)38(52)33(23(5)6)47-39(53)55-8/h16-19,21-24,30-33,48H,9-15,20H2,1-8H3,(H,42,44)(H,43,45)(H,46,51)(H,47,53)/t30-,31-,32-,33-/m0/s1. The number of benzene rings is 1. The van der Waals surface area contributed by atoms with E-state index in [1.165, 1.54) is 32.5 Å². The molecule has 1 aromatic carbocycles. The van der Waals surface area contributed by atoms with Gasteiger partial charge < -0.3 is 39.9 Å². The maximum Gasteiger partial charge on any atom is 0.407 e. The first-order valence-electron chi connectivity index (χ1n) is 19.4. The van der Waals surface area contributed by atoms with Crippen molar-refractivity contribution >= 4 is 23.6 Å². The highest BCUT2D eigenvalue weighted by molar-refractivity contribution is 5.86. The van der Waals surface area contributed by atoms with E-state index >= 15 is 8.78 Å². The van der Waals surface area contributed by atoms with Crippen molar-refractivity contribution in [1.29, 1.82) is 0 Å². The molecule has 15 nitrogen and oxygen atoms in total. The van der Waals surface area contributed by atoms with E-state index in [-0.39, 0.29) is 60.0 Å². The molecule has 0 bridgehead atoms. The van der Waals surface area contributed by atoms with Gasteiger partial charge >= 0.3 is 6.09 Å². The maximum atomic E-state index is 15.8. The molecule has 56 heavy (non-hydrogen) atoms. The van der Waals surface area contributed by atoms with Crippen molar-refractivity contribution < 1.29 is 37.5 Å². The molecule has 2 fully saturated rings. The number of carbonyl (C=O) groups is 3. The molecular weight excluding hydrogens is 728 g/mol. The fourth-order valence-electron chi connectivity index (χ4n) is 7.47. The molecule has 2 aliphatic heterocycles. The molecule has 17 heteroatoms. The number of halogens is 2. The van der Waals surface area contributed by atoms with Gasteiger partial charge in [0.1, 0.15) is 41.1 Å². The number of ether oxygens (including phenoxy) is 2. The van der Waals surface area contributed by atoms with Gasteiger partial charge in [0.05, 0.1) is 31.1 Å². The predicted octanol–water partition coefficient (Wildman–Crippen LogP) is 5.47. The van der Waals surface area contributed by atoms with Crippen molar-refractivity contribution in [1.82, 2.24) is 40.9 Å². The van der Waals surface area contributed by atoms with Crippen LogP contribution in [0.25, 0.3) is 11.3 Å². The van der Waals surface area contributed by atoms with E-state index in [9.17, 15) is 14.4 Å². The van der Waals surface area contributed by atoms with Gasteiger partial charge in [-0.25, -0.2) is 23.5 Å². The highest BCUT2D eigenvalue weighted by atomic mass is 19.1. The molecule has 2 saturated heterocycles. The molecule has 2 aliphatic rings. The Hall–Kier alpha value is -4.61. The zero-order valence-electron chi connectivity index (χ0n) is 33.6. The van der Waals surface area contributed by atoms with Gasteiger partial charge in [0.15, 0.2) is 6.79 Å². The molecule has 0 spiro atoms. The van der Waals surface area contributed by atoms with Crippen LogP contribution in [0.5, 0.6) is 0 Å². The van der Waals surface area contributed by atoms with Crippen molar-refractivity contribution in [2.75, 3.05) is 45.5 Å². The zero-order chi connectivity index (χ0) is 40.7. The van der Waals surface area contributed by atoms with Gasteiger partial charge in [-0.1, -0.05) is 41.5 Å². The van der Waals surface area contributed by atoms with E-state index in [1.807, 2.05) is 41.5 Å². The summed E-state index contributed by atoms with van der Waals surface area (Å²) in [7, 11) is 2.75. The molecule has 3 aromatic rings. The van der Waals surface area contributed by atoms with E-state index < -0.39 is 29.8 Å². The van der Waals surface area contributed by atoms with Gasteiger partial charge in [0.25, 0.3) is 0 Å². The first kappa shape index (κ1) is 42.5. The smallest absolute Gasteiger partial charge is 0.407 e. The summed E-state index contributed by atoms with van der Waals surface area (Å²) >= 11 is 0. The molecule has 0 aliphatic carbocycles. The second-order valence-electron chi connectivity index (χ2n) is 15.6. The van der Waals surface area contributed by atoms with Gasteiger partial charge in [0, 0.05) is 50.1 Å². The quantitative estimate of drug-likeness (QED) is 0.0711. The van der Waals surface area contributed by atoms with Crippen LogP contribution in [0, 0.1) is 29.4 Å². The molecule has 2 aromatic heterocycles. The summed E-state index contributed by atoms with van der Waals surface area (Å²) in [4.78, 5) is 63.1. The number of aromatic nitrogens is 4. The Morgan fingerprint density at radius 1 is 0.875 bits per heavy atom. The Bertz CT molecular complexity index is 1770. The van der Waals surface area contributed by atoms with Crippen molar-refractivity contribution in [3.8, 4) is 11.3 Å². The average Bonchev–Trinajstić information content (AvgIpc) is 3.95. The van der Waals surface area contributed by atoms with Gasteiger partial charge in [-0.15, -0.1) is 0 Å². The van der Waals surface area contributed by atoms with Crippen LogP contribution < -0.4 is 21.0 Å². The molecule has 5 rings (SSSR count). The lowest BCUT2D eigenvalue weighted by Crippen LogP contribution is -2.51. The number of carbonyl (C=O) groups excluding carboxylic acids is 3. The lowest BCUT2D eigenvalue weighted by molar-refractivity contribution is -0.138. The number of alkyl carbamates (subject to hydrolysis) is 1. The first-order chi connectivity index (χ1) is 26.7. The van der Waals surface area contributed by atoms with Crippen molar-refractivity contribution in [3.63, 3.8) is 0 Å². The second-order valence-corrected chi connectivity index (χ2v) is 15.6. The number of anilines is 1. The summed E-state index contributed by atoms with van der Waals surface area (Å²) in [5.74, 6) is -0.772. The van der Waals surface area contributed by atoms with E-state index in [1.54, 1.807) is 16.0 Å². The Kier molecular flexibility index (Phi) is 14.4. The SMILES string of the molecule is COCON[C@H](C(=O)N[C@H](c1ncc(C2CCN(c3c(F)cc(-c4cnc([C@@H]5CCCN5C(=O)[C@@H](NC(=O)OC)C(C)C)[nH]4)cc3F)CC2)[nH]1)C(C)C)C(C)C. The minimum absolute atomic E-state index is 0.00636. The highest BCUT2D eigenvalue weighted by Gasteiger charge is 2.38. The lowest BCUT2D eigenvalue weighted by atomic mass is 9.93. The number of piperidine rings is 1. The van der Waals surface area contributed by atoms with Crippen LogP contribution in [0.3, 0.4) is 0 Å². The molecular formula is C39H57F2N9O6. The number of hydrogen-bond donors (Lipinski definition) is 5. The molecule has 3 amide bonds. The summed E-state index contributed by atoms with van der Waals surface area (Å²) in [5.41, 5.74) is 4.35. The zero-order valence-corrected chi connectivity index (χ0v) is 33.6. The van der Waals surface area contributed by atoms with Gasteiger partial charge in [0.2, 0.25) is 11.8 Å². The van der Waals surface area contributed by atoms with Crippen LogP contribution in [-0.4, -0.2) is 95.5 Å². The third kappa shape index (κ3) is 9.84. The van der Waals surface area contributed by atoms with E-state index in [0.717, 1.165) is 12.1 Å². The van der Waals surface area contributed by atoms with Crippen LogP contribution in [0.4, 0.5) is 19.3 Å². The largest absolute Gasteiger partial charge is 0.453 e. The number of likely N-dealkylation sites (tertiary alicyclic amines) is 1. The van der Waals surface area contributed by atoms with Crippen LogP contribution in [-0.2, 0) is 23.9 Å². The number of nitrogens with zero attached hydrogens (tertiary/aromatic N) is 4. The molecule has 4 heterocycles. The number of nitrogens with one attached hydrogen (secondary N) is 5. The van der Waals surface area contributed by atoms with Crippen LogP contribution >= 0.6 is 0 Å². The Morgan fingerprint density at radius 2 is 1.55 bits per heavy atom. The molecule has 0 radical (unpaired) electrons. The number of aromatic amines is 2. The van der Waals surface area contributed by atoms with Crippen LogP contribution in [0.1, 0.15) is 103 Å². The Labute approximate surface area is 327 Å². The lowest BCUT2D eigenvalue weighted by Gasteiger charge is -2.33. The van der Waals surface area contributed by atoms with Crippen molar-refractivity contribution in [2.45, 2.75) is 97.3 Å². The number of hydroxylamine groups is 1. The number of H-pyrrole nitrogens is 2. The normalized spacial score (nSPS) is 18.1. The average molecular weight is 786 g/mol. The van der Waals surface area contributed by atoms with E-state index in [4.69, 9.17) is 14.3 Å². The number of methoxy groups -OCH3 is 2. The molecule has 0 unspecified atom stereocenters. The van der Waals surface area contributed by atoms with E-state index in [0.29, 0.717) is 61.8 Å². The Balaban J connectivity index is 1.22. The minimum Gasteiger partial charge on any atom is -0.453 e. The third-order valence-corrected chi connectivity index (χ3v) is 10.6. The number of imidazole rings is 2. The predicted molar refractivity (Wildman–Crippen MR) is 205 cm³/mol. The summed E-state index contributed by atoms with van der Waals surface area (Å²) < 4.78 is 41.1.